The van der Waals surface area contributed by atoms with Crippen molar-refractivity contribution < 1.29 is 14.3 Å². The molecule has 7 nitrogen and oxygen atoms in total. The van der Waals surface area contributed by atoms with Crippen molar-refractivity contribution in [2.24, 2.45) is 7.05 Å². The van der Waals surface area contributed by atoms with Gasteiger partial charge in [0.1, 0.15) is 5.75 Å². The number of ether oxygens (including phenoxy) is 1. The molecule has 0 aliphatic heterocycles. The van der Waals surface area contributed by atoms with Gasteiger partial charge < -0.3 is 4.74 Å². The molecule has 0 aliphatic carbocycles. The lowest BCUT2D eigenvalue weighted by molar-refractivity contribution is -0.112. The van der Waals surface area contributed by atoms with E-state index in [0.29, 0.717) is 10.8 Å². The van der Waals surface area contributed by atoms with E-state index in [1.165, 1.54) is 28.4 Å². The summed E-state index contributed by atoms with van der Waals surface area (Å²) in [7, 11) is 3.28. The molecular formula is C16H14N4O3S. The molecule has 0 saturated heterocycles. The van der Waals surface area contributed by atoms with Gasteiger partial charge in [-0.05, 0) is 24.3 Å². The van der Waals surface area contributed by atoms with Crippen molar-refractivity contribution in [2.75, 3.05) is 12.4 Å². The van der Waals surface area contributed by atoms with Crippen molar-refractivity contribution in [3.05, 3.63) is 47.6 Å². The third-order valence-electron chi connectivity index (χ3n) is 3.28. The van der Waals surface area contributed by atoms with Crippen LogP contribution in [-0.4, -0.2) is 33.6 Å². The Morgan fingerprint density at radius 2 is 2.00 bits per heavy atom. The Balaban J connectivity index is 1.71. The number of nitrogens with one attached hydrogen (secondary N) is 1. The molecule has 2 aromatic heterocycles. The van der Waals surface area contributed by atoms with Crippen LogP contribution < -0.4 is 10.1 Å². The van der Waals surface area contributed by atoms with Gasteiger partial charge >= 0.3 is 0 Å². The van der Waals surface area contributed by atoms with E-state index in [1.54, 1.807) is 14.2 Å². The number of carbonyl (C=O) groups excluding carboxylic acids is 2. The minimum Gasteiger partial charge on any atom is -0.497 e. The summed E-state index contributed by atoms with van der Waals surface area (Å²) in [5, 5.41) is 8.57. The summed E-state index contributed by atoms with van der Waals surface area (Å²) >= 11 is 1.25. The SMILES string of the molecule is COc1ccc(-c2csc(NC(=O)C(=O)c3cnn(C)c3)n2)cc1. The summed E-state index contributed by atoms with van der Waals surface area (Å²) in [4.78, 5) is 28.3. The number of nitrogens with zero attached hydrogens (tertiary/aromatic N) is 3. The van der Waals surface area contributed by atoms with Crippen LogP contribution in [0.25, 0.3) is 11.3 Å². The zero-order valence-electron chi connectivity index (χ0n) is 13.0. The molecule has 2 heterocycles. The fourth-order valence-electron chi connectivity index (χ4n) is 2.05. The Hall–Kier alpha value is -3.00. The van der Waals surface area contributed by atoms with Crippen LogP contribution in [0.3, 0.4) is 0 Å². The van der Waals surface area contributed by atoms with E-state index in [-0.39, 0.29) is 5.56 Å². The number of methoxy groups -OCH3 is 1. The van der Waals surface area contributed by atoms with Gasteiger partial charge in [-0.15, -0.1) is 11.3 Å². The normalized spacial score (nSPS) is 10.4. The molecule has 0 radical (unpaired) electrons. The predicted octanol–water partition coefficient (Wildman–Crippen LogP) is 2.37. The number of ketones is 1. The van der Waals surface area contributed by atoms with E-state index >= 15 is 0 Å². The van der Waals surface area contributed by atoms with E-state index in [4.69, 9.17) is 4.74 Å². The highest BCUT2D eigenvalue weighted by Crippen LogP contribution is 2.26. The van der Waals surface area contributed by atoms with E-state index in [9.17, 15) is 9.59 Å². The quantitative estimate of drug-likeness (QED) is 0.568. The largest absolute Gasteiger partial charge is 0.497 e. The summed E-state index contributed by atoms with van der Waals surface area (Å²) in [6, 6.07) is 7.41. The molecule has 0 saturated carbocycles. The van der Waals surface area contributed by atoms with E-state index in [1.807, 2.05) is 29.6 Å². The van der Waals surface area contributed by atoms with E-state index in [0.717, 1.165) is 11.3 Å². The highest BCUT2D eigenvalue weighted by molar-refractivity contribution is 7.14. The molecular weight excluding hydrogens is 328 g/mol. The summed E-state index contributed by atoms with van der Waals surface area (Å²) in [6.07, 6.45) is 2.85. The molecule has 24 heavy (non-hydrogen) atoms. The second kappa shape index (κ2) is 6.63. The van der Waals surface area contributed by atoms with Crippen molar-refractivity contribution in [1.29, 1.82) is 0 Å². The van der Waals surface area contributed by atoms with Gasteiger partial charge in [0.2, 0.25) is 0 Å². The maximum Gasteiger partial charge on any atom is 0.298 e. The van der Waals surface area contributed by atoms with Gasteiger partial charge in [-0.2, -0.15) is 5.10 Å². The molecule has 8 heteroatoms. The maximum absolute atomic E-state index is 12.0. The zero-order chi connectivity index (χ0) is 17.1. The molecule has 1 aromatic carbocycles. The Kier molecular flexibility index (Phi) is 4.39. The predicted molar refractivity (Wildman–Crippen MR) is 90.3 cm³/mol. The van der Waals surface area contributed by atoms with Gasteiger partial charge in [0.15, 0.2) is 5.13 Å². The molecule has 1 amide bonds. The third kappa shape index (κ3) is 3.33. The maximum atomic E-state index is 12.0. The smallest absolute Gasteiger partial charge is 0.298 e. The van der Waals surface area contributed by atoms with Crippen LogP contribution in [0.2, 0.25) is 0 Å². The average Bonchev–Trinajstić information content (AvgIpc) is 3.23. The molecule has 0 fully saturated rings. The van der Waals surface area contributed by atoms with E-state index in [2.05, 4.69) is 15.4 Å². The fraction of sp³-hybridized carbons (Fsp3) is 0.125. The number of hydrogen-bond donors (Lipinski definition) is 1. The van der Waals surface area contributed by atoms with E-state index < -0.39 is 11.7 Å². The van der Waals surface area contributed by atoms with Crippen LogP contribution in [0.1, 0.15) is 10.4 Å². The first-order chi connectivity index (χ1) is 11.6. The molecule has 0 bridgehead atoms. The fourth-order valence-corrected chi connectivity index (χ4v) is 2.76. The number of hydrogen-bond acceptors (Lipinski definition) is 6. The third-order valence-corrected chi connectivity index (χ3v) is 4.04. The zero-order valence-corrected chi connectivity index (χ0v) is 13.8. The monoisotopic (exact) mass is 342 g/mol. The lowest BCUT2D eigenvalue weighted by atomic mass is 10.2. The summed E-state index contributed by atoms with van der Waals surface area (Å²) < 4.78 is 6.58. The lowest BCUT2D eigenvalue weighted by Crippen LogP contribution is -2.22. The van der Waals surface area contributed by atoms with Crippen LogP contribution in [0.15, 0.2) is 42.0 Å². The Morgan fingerprint density at radius 3 is 2.62 bits per heavy atom. The molecule has 0 aliphatic rings. The first-order valence-electron chi connectivity index (χ1n) is 7.01. The molecule has 0 unspecified atom stereocenters. The second-order valence-electron chi connectivity index (χ2n) is 4.95. The van der Waals surface area contributed by atoms with Gasteiger partial charge in [-0.25, -0.2) is 4.98 Å². The van der Waals surface area contributed by atoms with Gasteiger partial charge in [-0.3, -0.25) is 19.6 Å². The number of carbonyl (C=O) groups is 2. The van der Waals surface area contributed by atoms with Crippen molar-refractivity contribution >= 4 is 28.2 Å². The van der Waals surface area contributed by atoms with Crippen LogP contribution in [0.4, 0.5) is 5.13 Å². The number of thiazole rings is 1. The molecule has 122 valence electrons. The number of rotatable bonds is 5. The first-order valence-corrected chi connectivity index (χ1v) is 7.89. The highest BCUT2D eigenvalue weighted by atomic mass is 32.1. The topological polar surface area (TPSA) is 86.1 Å². The minimum absolute atomic E-state index is 0.238. The number of anilines is 1. The van der Waals surface area contributed by atoms with Gasteiger partial charge in [-0.1, -0.05) is 0 Å². The lowest BCUT2D eigenvalue weighted by Gasteiger charge is -2.01. The Labute approximate surface area is 141 Å². The Bertz CT molecular complexity index is 883. The summed E-state index contributed by atoms with van der Waals surface area (Å²) in [5.41, 5.74) is 1.85. The minimum atomic E-state index is -0.737. The standard InChI is InChI=1S/C16H14N4O3S/c1-20-8-11(7-17-20)14(21)15(22)19-16-18-13(9-24-16)10-3-5-12(23-2)6-4-10/h3-9H,1-2H3,(H,18,19,22). The number of benzene rings is 1. The van der Waals surface area contributed by atoms with Gasteiger partial charge in [0.05, 0.1) is 24.6 Å². The van der Waals surface area contributed by atoms with Gasteiger partial charge in [0, 0.05) is 24.2 Å². The molecule has 1 N–H and O–H groups in total. The summed E-state index contributed by atoms with van der Waals surface area (Å²) in [6.45, 7) is 0. The molecule has 3 aromatic rings. The number of aromatic nitrogens is 3. The van der Waals surface area contributed by atoms with Crippen molar-refractivity contribution in [3.63, 3.8) is 0 Å². The average molecular weight is 342 g/mol. The number of amides is 1. The molecule has 0 atom stereocenters. The Morgan fingerprint density at radius 1 is 1.25 bits per heavy atom. The van der Waals surface area contributed by atoms with Gasteiger partial charge in [0.25, 0.3) is 11.7 Å². The van der Waals surface area contributed by atoms with Crippen molar-refractivity contribution in [1.82, 2.24) is 14.8 Å². The van der Waals surface area contributed by atoms with Crippen molar-refractivity contribution in [2.45, 2.75) is 0 Å². The van der Waals surface area contributed by atoms with Crippen LogP contribution in [0, 0.1) is 0 Å². The second-order valence-corrected chi connectivity index (χ2v) is 5.81. The number of Topliss-reactive ketones (excluding diaryl/α,β-unsaturated/α-hetero) is 1. The first kappa shape index (κ1) is 15.9. The summed E-state index contributed by atoms with van der Waals surface area (Å²) in [5.74, 6) is -0.632. The molecule has 3 rings (SSSR count). The van der Waals surface area contributed by atoms with Crippen molar-refractivity contribution in [3.8, 4) is 17.0 Å². The molecule has 0 spiro atoms. The van der Waals surface area contributed by atoms with Crippen LogP contribution >= 0.6 is 11.3 Å². The van der Waals surface area contributed by atoms with Crippen LogP contribution in [0.5, 0.6) is 5.75 Å². The van der Waals surface area contributed by atoms with Crippen LogP contribution in [-0.2, 0) is 11.8 Å². The number of aryl methyl sites for hydroxylation is 1. The highest BCUT2D eigenvalue weighted by Gasteiger charge is 2.19.